The quantitative estimate of drug-likeness (QED) is 0.0261. The van der Waals surface area contributed by atoms with Gasteiger partial charge in [0, 0.05) is 19.3 Å². The van der Waals surface area contributed by atoms with E-state index in [2.05, 4.69) is 45.1 Å². The zero-order valence-electron chi connectivity index (χ0n) is 55.8. The van der Waals surface area contributed by atoms with Gasteiger partial charge in [0.05, 0.1) is 0 Å². The minimum Gasteiger partial charge on any atom is -0.462 e. The lowest BCUT2D eigenvalue weighted by Gasteiger charge is -2.18. The van der Waals surface area contributed by atoms with Gasteiger partial charge in [0.25, 0.3) is 0 Å². The molecule has 0 amide bonds. The van der Waals surface area contributed by atoms with E-state index < -0.39 is 6.10 Å². The van der Waals surface area contributed by atoms with Crippen LogP contribution in [0.1, 0.15) is 425 Å². The molecule has 1 atom stereocenters. The molecular formula is C76H144O6. The van der Waals surface area contributed by atoms with Crippen molar-refractivity contribution < 1.29 is 28.6 Å². The van der Waals surface area contributed by atoms with Gasteiger partial charge in [-0.05, 0) is 44.9 Å². The highest BCUT2D eigenvalue weighted by molar-refractivity contribution is 5.71. The molecule has 1 unspecified atom stereocenters. The Hall–Kier alpha value is -2.11. The maximum atomic E-state index is 13.0. The molecule has 0 bridgehead atoms. The Bertz CT molecular complexity index is 1320. The number of unbranched alkanes of at least 4 members (excludes halogenated alkanes) is 55. The molecule has 0 aliphatic rings. The molecule has 0 rings (SSSR count). The van der Waals surface area contributed by atoms with Crippen LogP contribution in [0.3, 0.4) is 0 Å². The number of carbonyl (C=O) groups is 3. The number of esters is 3. The van der Waals surface area contributed by atoms with Gasteiger partial charge in [-0.2, -0.15) is 0 Å². The number of hydrogen-bond acceptors (Lipinski definition) is 6. The zero-order chi connectivity index (χ0) is 59.2. The van der Waals surface area contributed by atoms with Crippen molar-refractivity contribution in [2.45, 2.75) is 431 Å². The Labute approximate surface area is 513 Å². The average molecular weight is 1150 g/mol. The van der Waals surface area contributed by atoms with E-state index in [1.807, 2.05) is 0 Å². The monoisotopic (exact) mass is 1150 g/mol. The third kappa shape index (κ3) is 68.7. The van der Waals surface area contributed by atoms with Crippen LogP contribution in [0.4, 0.5) is 0 Å². The summed E-state index contributed by atoms with van der Waals surface area (Å²) in [4.78, 5) is 38.5. The maximum Gasteiger partial charge on any atom is 0.306 e. The van der Waals surface area contributed by atoms with Crippen molar-refractivity contribution in [3.63, 3.8) is 0 Å². The van der Waals surface area contributed by atoms with Crippen LogP contribution >= 0.6 is 0 Å². The predicted octanol–water partition coefficient (Wildman–Crippen LogP) is 25.7. The fourth-order valence-electron chi connectivity index (χ4n) is 11.6. The predicted molar refractivity (Wildman–Crippen MR) is 358 cm³/mol. The highest BCUT2D eigenvalue weighted by atomic mass is 16.6. The van der Waals surface area contributed by atoms with Gasteiger partial charge in [0.15, 0.2) is 6.10 Å². The SMILES string of the molecule is CCCC/C=C\C/C=C\CCCCCCCC(=O)OCC(COC(=O)CCCCCCCCCCCCCCCCCCCCCCCCCCC)OC(=O)CCCCCCCCCCCCCCCCCCCCCCCCCCC. The molecule has 0 aromatic carbocycles. The molecule has 0 spiro atoms. The first-order valence-corrected chi connectivity index (χ1v) is 37.3. The topological polar surface area (TPSA) is 78.9 Å². The Morgan fingerprint density at radius 2 is 0.451 bits per heavy atom. The molecule has 82 heavy (non-hydrogen) atoms. The summed E-state index contributed by atoms with van der Waals surface area (Å²) in [6, 6.07) is 0. The molecule has 0 N–H and O–H groups in total. The zero-order valence-corrected chi connectivity index (χ0v) is 55.8. The summed E-state index contributed by atoms with van der Waals surface area (Å²) in [5.41, 5.74) is 0. The van der Waals surface area contributed by atoms with Crippen molar-refractivity contribution >= 4 is 17.9 Å². The number of carbonyl (C=O) groups excluding carboxylic acids is 3. The Morgan fingerprint density at radius 3 is 0.707 bits per heavy atom. The van der Waals surface area contributed by atoms with E-state index in [9.17, 15) is 14.4 Å². The molecule has 0 saturated heterocycles. The lowest BCUT2D eigenvalue weighted by molar-refractivity contribution is -0.167. The largest absolute Gasteiger partial charge is 0.462 e. The lowest BCUT2D eigenvalue weighted by atomic mass is 10.0. The normalized spacial score (nSPS) is 12.1. The van der Waals surface area contributed by atoms with E-state index in [1.54, 1.807) is 0 Å². The summed E-state index contributed by atoms with van der Waals surface area (Å²) < 4.78 is 17.0. The molecule has 0 aliphatic carbocycles. The van der Waals surface area contributed by atoms with E-state index in [1.165, 1.54) is 308 Å². The Balaban J connectivity index is 4.21. The third-order valence-corrected chi connectivity index (χ3v) is 17.2. The smallest absolute Gasteiger partial charge is 0.306 e. The van der Waals surface area contributed by atoms with Gasteiger partial charge in [-0.25, -0.2) is 0 Å². The molecule has 0 radical (unpaired) electrons. The van der Waals surface area contributed by atoms with Gasteiger partial charge in [-0.3, -0.25) is 14.4 Å². The summed E-state index contributed by atoms with van der Waals surface area (Å²) in [5.74, 6) is -0.848. The first-order chi connectivity index (χ1) is 40.5. The Morgan fingerprint density at radius 1 is 0.244 bits per heavy atom. The average Bonchev–Trinajstić information content (AvgIpc) is 3.48. The van der Waals surface area contributed by atoms with E-state index in [-0.39, 0.29) is 31.1 Å². The van der Waals surface area contributed by atoms with Gasteiger partial charge in [-0.15, -0.1) is 0 Å². The standard InChI is InChI=1S/C76H144O6/c1-4-7-10-13-16-19-22-25-28-30-32-34-36-38-40-42-44-46-48-51-54-57-60-63-66-69-75(78)81-72-73(71-80-74(77)68-65-62-59-56-53-50-27-24-21-18-15-12-9-6-3)82-76(79)70-67-64-61-58-55-52-49-47-45-43-41-39-37-35-33-31-29-26-23-20-17-14-11-8-5-2/h15,18,24,27,73H,4-14,16-17,19-23,25-26,28-72H2,1-3H3/b18-15-,27-24-. The second kappa shape index (κ2) is 71.4. The Kier molecular flexibility index (Phi) is 69.5. The highest BCUT2D eigenvalue weighted by Crippen LogP contribution is 2.20. The van der Waals surface area contributed by atoms with Crippen molar-refractivity contribution in [1.82, 2.24) is 0 Å². The number of rotatable bonds is 70. The summed E-state index contributed by atoms with van der Waals surface area (Å²) in [6.07, 6.45) is 88.0. The second-order valence-corrected chi connectivity index (χ2v) is 25.6. The highest BCUT2D eigenvalue weighted by Gasteiger charge is 2.20. The van der Waals surface area contributed by atoms with Crippen molar-refractivity contribution in [2.24, 2.45) is 0 Å². The van der Waals surface area contributed by atoms with Gasteiger partial charge in [0.1, 0.15) is 13.2 Å². The molecule has 6 nitrogen and oxygen atoms in total. The molecule has 0 aliphatic heterocycles. The fourth-order valence-corrected chi connectivity index (χ4v) is 11.6. The van der Waals surface area contributed by atoms with Crippen LogP contribution in [0, 0.1) is 0 Å². The molecule has 484 valence electrons. The minimum atomic E-state index is -0.774. The van der Waals surface area contributed by atoms with E-state index in [0.29, 0.717) is 19.3 Å². The number of allylic oxidation sites excluding steroid dienone is 4. The van der Waals surface area contributed by atoms with E-state index in [4.69, 9.17) is 14.2 Å². The summed E-state index contributed by atoms with van der Waals surface area (Å²) in [7, 11) is 0. The van der Waals surface area contributed by atoms with E-state index >= 15 is 0 Å². The van der Waals surface area contributed by atoms with Gasteiger partial charge < -0.3 is 14.2 Å². The fraction of sp³-hybridized carbons (Fsp3) is 0.908. The minimum absolute atomic E-state index is 0.0691. The lowest BCUT2D eigenvalue weighted by Crippen LogP contribution is -2.30. The van der Waals surface area contributed by atoms with Crippen molar-refractivity contribution in [2.75, 3.05) is 13.2 Å². The van der Waals surface area contributed by atoms with Crippen LogP contribution in [-0.2, 0) is 28.6 Å². The maximum absolute atomic E-state index is 13.0. The molecule has 0 heterocycles. The first-order valence-electron chi connectivity index (χ1n) is 37.3. The van der Waals surface area contributed by atoms with E-state index in [0.717, 1.165) is 77.0 Å². The molecule has 0 saturated carbocycles. The summed E-state index contributed by atoms with van der Waals surface area (Å²) in [6.45, 7) is 6.68. The van der Waals surface area contributed by atoms with Crippen LogP contribution in [-0.4, -0.2) is 37.2 Å². The van der Waals surface area contributed by atoms with Gasteiger partial charge in [0.2, 0.25) is 0 Å². The van der Waals surface area contributed by atoms with Crippen molar-refractivity contribution in [3.8, 4) is 0 Å². The van der Waals surface area contributed by atoms with Crippen molar-refractivity contribution in [3.05, 3.63) is 24.3 Å². The number of ether oxygens (including phenoxy) is 3. The van der Waals surface area contributed by atoms with Crippen LogP contribution in [0.2, 0.25) is 0 Å². The summed E-state index contributed by atoms with van der Waals surface area (Å²) in [5, 5.41) is 0. The molecule has 0 aromatic rings. The van der Waals surface area contributed by atoms with Crippen LogP contribution < -0.4 is 0 Å². The molecule has 0 aromatic heterocycles. The molecule has 0 fully saturated rings. The third-order valence-electron chi connectivity index (χ3n) is 17.2. The van der Waals surface area contributed by atoms with Crippen LogP contribution in [0.5, 0.6) is 0 Å². The molecular weight excluding hydrogens is 1010 g/mol. The van der Waals surface area contributed by atoms with Crippen LogP contribution in [0.15, 0.2) is 24.3 Å². The molecule has 6 heteroatoms. The number of hydrogen-bond donors (Lipinski definition) is 0. The van der Waals surface area contributed by atoms with Crippen LogP contribution in [0.25, 0.3) is 0 Å². The summed E-state index contributed by atoms with van der Waals surface area (Å²) >= 11 is 0. The first kappa shape index (κ1) is 79.9. The van der Waals surface area contributed by atoms with Gasteiger partial charge >= 0.3 is 17.9 Å². The second-order valence-electron chi connectivity index (χ2n) is 25.6. The van der Waals surface area contributed by atoms with Crippen molar-refractivity contribution in [1.29, 1.82) is 0 Å². The van der Waals surface area contributed by atoms with Gasteiger partial charge in [-0.1, -0.05) is 385 Å².